The van der Waals surface area contributed by atoms with Crippen LogP contribution in [0.25, 0.3) is 16.7 Å². The van der Waals surface area contributed by atoms with Gasteiger partial charge in [-0.1, -0.05) is 43.6 Å². The van der Waals surface area contributed by atoms with Gasteiger partial charge in [-0.2, -0.15) is 9.59 Å². The van der Waals surface area contributed by atoms with Crippen LogP contribution in [0.2, 0.25) is 10.0 Å². The normalized spacial score (nSPS) is 18.1. The lowest BCUT2D eigenvalue weighted by molar-refractivity contribution is -0.191. The first-order chi connectivity index (χ1) is 24.9. The number of rotatable bonds is 5. The number of halogens is 2. The lowest BCUT2D eigenvalue weighted by Crippen LogP contribution is -2.53. The fourth-order valence-electron chi connectivity index (χ4n) is 9.09. The van der Waals surface area contributed by atoms with Gasteiger partial charge in [-0.3, -0.25) is 0 Å². The first-order valence-electron chi connectivity index (χ1n) is 17.5. The molecule has 0 atom stereocenters. The molecule has 0 bridgehead atoms. The molecule has 0 fully saturated rings. The van der Waals surface area contributed by atoms with Gasteiger partial charge in [-0.15, -0.1) is 0 Å². The monoisotopic (exact) mass is 792 g/mol. The van der Waals surface area contributed by atoms with Crippen LogP contribution < -0.4 is 24.8 Å². The van der Waals surface area contributed by atoms with E-state index in [1.807, 2.05) is 26.0 Å². The molecule has 5 aliphatic rings. The van der Waals surface area contributed by atoms with Crippen LogP contribution in [-0.4, -0.2) is 60.1 Å². The summed E-state index contributed by atoms with van der Waals surface area (Å²) >= 11 is 13.7. The maximum atomic E-state index is 13.0. The van der Waals surface area contributed by atoms with E-state index >= 15 is 0 Å². The van der Waals surface area contributed by atoms with Gasteiger partial charge >= 0.3 is 12.1 Å². The fraction of sp³-hybridized carbons (Fsp3) is 0.390. The number of benzene rings is 3. The molecule has 0 aliphatic carbocycles. The van der Waals surface area contributed by atoms with Crippen molar-refractivity contribution in [1.82, 2.24) is 4.58 Å². The first-order valence-corrected chi connectivity index (χ1v) is 19.9. The van der Waals surface area contributed by atoms with E-state index in [0.29, 0.717) is 45.4 Å². The number of carbonyl (C=O) groups is 1. The van der Waals surface area contributed by atoms with Crippen molar-refractivity contribution in [3.63, 3.8) is 0 Å². The highest BCUT2D eigenvalue weighted by atomic mass is 35.5. The summed E-state index contributed by atoms with van der Waals surface area (Å²) in [6, 6.07) is 7.08. The molecule has 284 valence electrons. The molecule has 3 aromatic rings. The molecule has 10 nitrogen and oxygen atoms in total. The number of carboxylic acid groups (broad SMARTS) is 1. The van der Waals surface area contributed by atoms with Crippen molar-refractivity contribution in [2.75, 3.05) is 23.7 Å². The zero-order valence-electron chi connectivity index (χ0n) is 30.0. The molecule has 13 heteroatoms. The van der Waals surface area contributed by atoms with E-state index in [0.717, 1.165) is 66.5 Å². The standard InChI is InChI=1S/C39H38Cl2N2O6S.CO2.CH4/c1-6-20-17-38(2,3)42-13-7-9-22-33(42)24(20)15-26-30(31-28(40)11-12-29(41)32(31)37(44)45)27-16-25-21(19-50(46,47)48)18-39(4,5)43-14-8-10-23(34(25)43)36(27)49-35(22)26;2-1-3;/h11-12,15-18H,6-10,13-14,19H2,1-5H3,(H-,44,45,46,47,48);;1H4. The number of ether oxygens (including phenoxy) is 1. The summed E-state index contributed by atoms with van der Waals surface area (Å²) in [6.45, 7) is 12.3. The van der Waals surface area contributed by atoms with E-state index in [4.69, 9.17) is 37.5 Å². The molecule has 54 heavy (non-hydrogen) atoms. The number of hydrogen-bond donors (Lipinski definition) is 1. The smallest absolute Gasteiger partial charge is 0.373 e. The SMILES string of the molecule is C.CCC1=CC(C)(C)[N+]2=c3c1cc1c(c3CCC2)Oc2c(cc3c4c2CCCN4C(C)(C)C=C3CS(=O)(=O)[O-])C=1c1c(Cl)ccc(Cl)c1C(=O)O.O=C=O. The van der Waals surface area contributed by atoms with Crippen LogP contribution >= 0.6 is 23.2 Å². The Morgan fingerprint density at radius 2 is 1.65 bits per heavy atom. The highest BCUT2D eigenvalue weighted by Crippen LogP contribution is 2.53. The van der Waals surface area contributed by atoms with E-state index in [2.05, 4.69) is 42.4 Å². The molecule has 0 radical (unpaired) electrons. The maximum Gasteiger partial charge on any atom is 0.373 e. The van der Waals surface area contributed by atoms with E-state index < -0.39 is 27.4 Å². The lowest BCUT2D eigenvalue weighted by atomic mass is 9.78. The van der Waals surface area contributed by atoms with E-state index in [1.165, 1.54) is 11.6 Å². The van der Waals surface area contributed by atoms with E-state index in [9.17, 15) is 22.9 Å². The Kier molecular flexibility index (Phi) is 10.1. The van der Waals surface area contributed by atoms with Crippen LogP contribution in [0.15, 0.2) is 36.4 Å². The Morgan fingerprint density at radius 3 is 2.30 bits per heavy atom. The van der Waals surface area contributed by atoms with Gasteiger partial charge in [-0.05, 0) is 81.0 Å². The van der Waals surface area contributed by atoms with Crippen LogP contribution in [0.4, 0.5) is 5.69 Å². The second-order valence-corrected chi connectivity index (χ2v) is 17.3. The number of anilines is 1. The van der Waals surface area contributed by atoms with Crippen LogP contribution in [0.1, 0.15) is 105 Å². The third kappa shape index (κ3) is 6.20. The quantitative estimate of drug-likeness (QED) is 0.175. The number of allylic oxidation sites excluding steroid dienone is 1. The molecular weight excluding hydrogens is 751 g/mol. The number of aromatic carboxylic acids is 1. The summed E-state index contributed by atoms with van der Waals surface area (Å²) in [5, 5.41) is 12.7. The second kappa shape index (κ2) is 13.8. The van der Waals surface area contributed by atoms with Gasteiger partial charge in [0.1, 0.15) is 18.0 Å². The molecule has 5 aliphatic heterocycles. The predicted octanol–water partition coefficient (Wildman–Crippen LogP) is 6.59. The van der Waals surface area contributed by atoms with Gasteiger partial charge in [0, 0.05) is 64.9 Å². The average molecular weight is 794 g/mol. The molecule has 0 saturated carbocycles. The largest absolute Gasteiger partial charge is 0.748 e. The molecule has 1 N–H and O–H groups in total. The Labute approximate surface area is 324 Å². The third-order valence-electron chi connectivity index (χ3n) is 11.0. The van der Waals surface area contributed by atoms with Gasteiger partial charge in [0.05, 0.1) is 48.8 Å². The summed E-state index contributed by atoms with van der Waals surface area (Å²) in [5.74, 6) is -0.617. The molecule has 0 spiro atoms. The van der Waals surface area contributed by atoms with Crippen molar-refractivity contribution < 1.29 is 37.2 Å². The highest BCUT2D eigenvalue weighted by Gasteiger charge is 2.43. The van der Waals surface area contributed by atoms with Crippen molar-refractivity contribution in [2.24, 2.45) is 0 Å². The van der Waals surface area contributed by atoms with Gasteiger partial charge in [0.2, 0.25) is 5.36 Å². The van der Waals surface area contributed by atoms with Crippen LogP contribution in [0.3, 0.4) is 0 Å². The minimum absolute atomic E-state index is 0. The average Bonchev–Trinajstić information content (AvgIpc) is 3.08. The van der Waals surface area contributed by atoms with Crippen molar-refractivity contribution in [3.05, 3.63) is 96.0 Å². The minimum Gasteiger partial charge on any atom is -0.748 e. The summed E-state index contributed by atoms with van der Waals surface area (Å²) in [7, 11) is -4.64. The van der Waals surface area contributed by atoms with Gasteiger partial charge in [0.15, 0.2) is 5.54 Å². The highest BCUT2D eigenvalue weighted by molar-refractivity contribution is 7.86. The molecule has 0 amide bonds. The predicted molar refractivity (Wildman–Crippen MR) is 208 cm³/mol. The Hall–Kier alpha value is -4.25. The molecular formula is C41H42Cl2N2O8S. The molecule has 0 saturated heterocycles. The molecule has 3 aromatic carbocycles. The Balaban J connectivity index is 0.00000120. The van der Waals surface area contributed by atoms with Gasteiger partial charge in [0.25, 0.3) is 0 Å². The number of fused-ring (bicyclic) bond motifs is 4. The zero-order valence-corrected chi connectivity index (χ0v) is 32.3. The van der Waals surface area contributed by atoms with Crippen molar-refractivity contribution in [2.45, 2.75) is 85.2 Å². The van der Waals surface area contributed by atoms with Gasteiger partial charge in [-0.25, -0.2) is 17.8 Å². The maximum absolute atomic E-state index is 13.0. The second-order valence-electron chi connectivity index (χ2n) is 15.1. The fourth-order valence-corrected chi connectivity index (χ4v) is 10.2. The molecule has 0 unspecified atom stereocenters. The Bertz CT molecular complexity index is 2510. The lowest BCUT2D eigenvalue weighted by Gasteiger charge is -2.48. The number of carboxylic acids is 1. The molecule has 0 aromatic heterocycles. The summed E-state index contributed by atoms with van der Waals surface area (Å²) in [5.41, 5.74) is 6.65. The van der Waals surface area contributed by atoms with Crippen molar-refractivity contribution in [1.29, 1.82) is 0 Å². The zero-order chi connectivity index (χ0) is 38.4. The minimum atomic E-state index is -4.64. The number of hydrogen-bond acceptors (Lipinski definition) is 8. The van der Waals surface area contributed by atoms with Crippen molar-refractivity contribution >= 4 is 67.8 Å². The van der Waals surface area contributed by atoms with E-state index in [-0.39, 0.29) is 40.3 Å². The van der Waals surface area contributed by atoms with E-state index in [1.54, 1.807) is 6.07 Å². The van der Waals surface area contributed by atoms with Crippen LogP contribution in [0.5, 0.6) is 11.5 Å². The first kappa shape index (κ1) is 39.4. The van der Waals surface area contributed by atoms with Crippen LogP contribution in [-0.2, 0) is 32.5 Å². The summed E-state index contributed by atoms with van der Waals surface area (Å²) < 4.78 is 46.5. The van der Waals surface area contributed by atoms with Crippen molar-refractivity contribution in [3.8, 4) is 11.5 Å². The summed E-state index contributed by atoms with van der Waals surface area (Å²) in [6.07, 6.45) is 8.41. The molecule has 8 rings (SSSR count). The Morgan fingerprint density at radius 1 is 0.981 bits per heavy atom. The van der Waals surface area contributed by atoms with Crippen LogP contribution in [0, 0.1) is 0 Å². The topological polar surface area (TPSA) is 144 Å². The third-order valence-corrected chi connectivity index (χ3v) is 12.3. The number of carbonyl (C=O) groups excluding carboxylic acids is 2. The summed E-state index contributed by atoms with van der Waals surface area (Å²) in [4.78, 5) is 31.5. The molecule has 5 heterocycles. The van der Waals surface area contributed by atoms with Gasteiger partial charge < -0.3 is 19.3 Å². The number of nitrogens with zero attached hydrogens (tertiary/aromatic N) is 2.